The first-order chi connectivity index (χ1) is 8.13. The van der Waals surface area contributed by atoms with E-state index in [2.05, 4.69) is 37.4 Å². The van der Waals surface area contributed by atoms with Gasteiger partial charge < -0.3 is 5.32 Å². The Kier molecular flexibility index (Phi) is 7.02. The Morgan fingerprint density at radius 3 is 2.82 bits per heavy atom. The van der Waals surface area contributed by atoms with Crippen molar-refractivity contribution >= 4 is 23.4 Å². The van der Waals surface area contributed by atoms with E-state index in [0.717, 1.165) is 17.1 Å². The van der Waals surface area contributed by atoms with Crippen molar-refractivity contribution in [2.45, 2.75) is 39.8 Å². The summed E-state index contributed by atoms with van der Waals surface area (Å²) in [5, 5.41) is 4.39. The average Bonchev–Trinajstić information content (AvgIpc) is 2.31. The highest BCUT2D eigenvalue weighted by Gasteiger charge is 2.02. The second-order valence-electron chi connectivity index (χ2n) is 4.35. The first kappa shape index (κ1) is 14.9. The summed E-state index contributed by atoms with van der Waals surface area (Å²) in [4.78, 5) is 0. The largest absolute Gasteiger partial charge is 0.310 e. The first-order valence-corrected chi connectivity index (χ1v) is 7.73. The Labute approximate surface area is 114 Å². The molecule has 1 aromatic rings. The van der Waals surface area contributed by atoms with E-state index in [1.807, 2.05) is 18.7 Å². The number of thioether (sulfide) groups is 1. The van der Waals surface area contributed by atoms with Crippen molar-refractivity contribution in [2.75, 3.05) is 11.5 Å². The minimum Gasteiger partial charge on any atom is -0.310 e. The molecule has 1 rings (SSSR count). The molecule has 0 bridgehead atoms. The van der Waals surface area contributed by atoms with Crippen LogP contribution in [-0.4, -0.2) is 17.5 Å². The predicted molar refractivity (Wildman–Crippen MR) is 80.1 cm³/mol. The minimum absolute atomic E-state index is 0.564. The van der Waals surface area contributed by atoms with Gasteiger partial charge in [0, 0.05) is 17.6 Å². The van der Waals surface area contributed by atoms with Crippen molar-refractivity contribution in [3.63, 3.8) is 0 Å². The molecule has 1 N–H and O–H groups in total. The number of aryl methyl sites for hydroxylation is 1. The third-order valence-electron chi connectivity index (χ3n) is 2.79. The van der Waals surface area contributed by atoms with Crippen LogP contribution in [0.3, 0.4) is 0 Å². The molecular formula is C14H22ClNS. The van der Waals surface area contributed by atoms with E-state index in [9.17, 15) is 0 Å². The van der Waals surface area contributed by atoms with Gasteiger partial charge in [-0.1, -0.05) is 30.7 Å². The second kappa shape index (κ2) is 8.02. The molecule has 0 aliphatic rings. The van der Waals surface area contributed by atoms with Crippen LogP contribution in [0.2, 0.25) is 5.02 Å². The van der Waals surface area contributed by atoms with Gasteiger partial charge in [-0.25, -0.2) is 0 Å². The van der Waals surface area contributed by atoms with Crippen LogP contribution in [0.1, 0.15) is 31.4 Å². The van der Waals surface area contributed by atoms with Crippen molar-refractivity contribution in [1.29, 1.82) is 0 Å². The van der Waals surface area contributed by atoms with Crippen molar-refractivity contribution in [3.8, 4) is 0 Å². The van der Waals surface area contributed by atoms with Crippen LogP contribution in [0.15, 0.2) is 18.2 Å². The molecule has 1 unspecified atom stereocenters. The SMILES string of the molecule is CCSCCC(C)NCc1ccc(C)c(Cl)c1. The molecule has 0 amide bonds. The lowest BCUT2D eigenvalue weighted by Gasteiger charge is -2.13. The smallest absolute Gasteiger partial charge is 0.0438 e. The van der Waals surface area contributed by atoms with Gasteiger partial charge in [0.05, 0.1) is 0 Å². The summed E-state index contributed by atoms with van der Waals surface area (Å²) in [6.07, 6.45) is 1.22. The van der Waals surface area contributed by atoms with Gasteiger partial charge in [0.1, 0.15) is 0 Å². The third kappa shape index (κ3) is 5.80. The number of benzene rings is 1. The molecule has 1 nitrogen and oxygen atoms in total. The average molecular weight is 272 g/mol. The van der Waals surface area contributed by atoms with E-state index in [1.165, 1.54) is 23.5 Å². The summed E-state index contributed by atoms with van der Waals surface area (Å²) in [7, 11) is 0. The fraction of sp³-hybridized carbons (Fsp3) is 0.571. The standard InChI is InChI=1S/C14H22ClNS/c1-4-17-8-7-12(3)16-10-13-6-5-11(2)14(15)9-13/h5-6,9,12,16H,4,7-8,10H2,1-3H3. The van der Waals surface area contributed by atoms with Crippen LogP contribution in [0, 0.1) is 6.92 Å². The highest BCUT2D eigenvalue weighted by molar-refractivity contribution is 7.99. The minimum atomic E-state index is 0.564. The maximum Gasteiger partial charge on any atom is 0.0438 e. The van der Waals surface area contributed by atoms with Crippen LogP contribution in [0.4, 0.5) is 0 Å². The molecule has 0 saturated carbocycles. The van der Waals surface area contributed by atoms with Crippen LogP contribution >= 0.6 is 23.4 Å². The van der Waals surface area contributed by atoms with Crippen LogP contribution < -0.4 is 5.32 Å². The molecule has 96 valence electrons. The summed E-state index contributed by atoms with van der Waals surface area (Å²) in [5.41, 5.74) is 2.40. The molecule has 17 heavy (non-hydrogen) atoms. The van der Waals surface area contributed by atoms with Crippen LogP contribution in [-0.2, 0) is 6.54 Å². The maximum atomic E-state index is 6.10. The fourth-order valence-electron chi connectivity index (χ4n) is 1.54. The van der Waals surface area contributed by atoms with Crippen molar-refractivity contribution in [3.05, 3.63) is 34.3 Å². The van der Waals surface area contributed by atoms with Crippen molar-refractivity contribution in [2.24, 2.45) is 0 Å². The predicted octanol–water partition coefficient (Wildman–Crippen LogP) is 4.27. The molecule has 3 heteroatoms. The fourth-order valence-corrected chi connectivity index (χ4v) is 2.56. The summed E-state index contributed by atoms with van der Waals surface area (Å²) in [6.45, 7) is 7.38. The molecule has 0 radical (unpaired) electrons. The Bertz CT molecular complexity index is 341. The molecule has 1 aromatic carbocycles. The molecule has 0 aromatic heterocycles. The van der Waals surface area contributed by atoms with Gasteiger partial charge in [0.25, 0.3) is 0 Å². The van der Waals surface area contributed by atoms with Crippen molar-refractivity contribution in [1.82, 2.24) is 5.32 Å². The highest BCUT2D eigenvalue weighted by atomic mass is 35.5. The van der Waals surface area contributed by atoms with E-state index in [-0.39, 0.29) is 0 Å². The third-order valence-corrected chi connectivity index (χ3v) is 4.13. The zero-order chi connectivity index (χ0) is 12.7. The summed E-state index contributed by atoms with van der Waals surface area (Å²) < 4.78 is 0. The summed E-state index contributed by atoms with van der Waals surface area (Å²) in [5.74, 6) is 2.44. The van der Waals surface area contributed by atoms with Gasteiger partial charge in [-0.15, -0.1) is 0 Å². The first-order valence-electron chi connectivity index (χ1n) is 6.19. The number of hydrogen-bond donors (Lipinski definition) is 1. The maximum absolute atomic E-state index is 6.10. The molecule has 0 heterocycles. The van der Waals surface area contributed by atoms with Gasteiger partial charge in [0.15, 0.2) is 0 Å². The van der Waals surface area contributed by atoms with E-state index in [0.29, 0.717) is 6.04 Å². The molecule has 1 atom stereocenters. The molecule has 0 aliphatic carbocycles. The van der Waals surface area contributed by atoms with Gasteiger partial charge >= 0.3 is 0 Å². The van der Waals surface area contributed by atoms with Crippen LogP contribution in [0.5, 0.6) is 0 Å². The molecule has 0 spiro atoms. The number of hydrogen-bond acceptors (Lipinski definition) is 2. The van der Waals surface area contributed by atoms with E-state index in [1.54, 1.807) is 0 Å². The lowest BCUT2D eigenvalue weighted by atomic mass is 10.1. The molecule has 0 saturated heterocycles. The topological polar surface area (TPSA) is 12.0 Å². The number of nitrogens with one attached hydrogen (secondary N) is 1. The molecule has 0 fully saturated rings. The summed E-state index contributed by atoms with van der Waals surface area (Å²) >= 11 is 8.10. The number of rotatable bonds is 7. The van der Waals surface area contributed by atoms with E-state index >= 15 is 0 Å². The monoisotopic (exact) mass is 271 g/mol. The Morgan fingerprint density at radius 1 is 1.41 bits per heavy atom. The van der Waals surface area contributed by atoms with E-state index in [4.69, 9.17) is 11.6 Å². The van der Waals surface area contributed by atoms with Gasteiger partial charge in [-0.3, -0.25) is 0 Å². The summed E-state index contributed by atoms with van der Waals surface area (Å²) in [6, 6.07) is 6.84. The van der Waals surface area contributed by atoms with Crippen molar-refractivity contribution < 1.29 is 0 Å². The molecule has 0 aliphatic heterocycles. The molecular weight excluding hydrogens is 250 g/mol. The highest BCUT2D eigenvalue weighted by Crippen LogP contribution is 2.16. The Morgan fingerprint density at radius 2 is 2.18 bits per heavy atom. The van der Waals surface area contributed by atoms with Gasteiger partial charge in [-0.2, -0.15) is 11.8 Å². The zero-order valence-electron chi connectivity index (χ0n) is 10.9. The lowest BCUT2D eigenvalue weighted by Crippen LogP contribution is -2.26. The zero-order valence-corrected chi connectivity index (χ0v) is 12.5. The van der Waals surface area contributed by atoms with Gasteiger partial charge in [-0.05, 0) is 49.0 Å². The van der Waals surface area contributed by atoms with E-state index < -0.39 is 0 Å². The Balaban J connectivity index is 2.31. The normalized spacial score (nSPS) is 12.7. The van der Waals surface area contributed by atoms with Gasteiger partial charge in [0.2, 0.25) is 0 Å². The second-order valence-corrected chi connectivity index (χ2v) is 6.15. The Hall–Kier alpha value is -0.180. The van der Waals surface area contributed by atoms with Crippen LogP contribution in [0.25, 0.3) is 0 Å². The lowest BCUT2D eigenvalue weighted by molar-refractivity contribution is 0.537. The number of halogens is 1. The quantitative estimate of drug-likeness (QED) is 0.744.